The second kappa shape index (κ2) is 13.7. The summed E-state index contributed by atoms with van der Waals surface area (Å²) in [5, 5.41) is 11.0. The molecule has 2 heterocycles. The molecule has 0 N–H and O–H groups in total. The van der Waals surface area contributed by atoms with Gasteiger partial charge in [0, 0.05) is 67.6 Å². The van der Waals surface area contributed by atoms with E-state index in [-0.39, 0.29) is 42.6 Å². The highest BCUT2D eigenvalue weighted by molar-refractivity contribution is 5.96. The third-order valence-corrected chi connectivity index (χ3v) is 8.47. The molecule has 3 aromatic rings. The highest BCUT2D eigenvalue weighted by Crippen LogP contribution is 2.39. The Labute approximate surface area is 269 Å². The van der Waals surface area contributed by atoms with E-state index in [1.807, 2.05) is 0 Å². The van der Waals surface area contributed by atoms with Crippen LogP contribution in [0.15, 0.2) is 84.1 Å². The number of nitro benzene ring substituents is 1. The number of nitro groups is 1. The molecule has 1 saturated heterocycles. The standard InChI is InChI=1S/C34H33F3N4O6/c1-3-47-33(44)31-22(2)40(30(42)20-29(31)24-7-9-26(10-8-24)34(35,36)37)21-23-5-4-6-25(19-23)32(43)39-17-15-38(16-18-39)27-11-13-28(14-12-27)41(45)46/h4-14,19,29H,3,15-18,20-21H2,1-2H3. The van der Waals surface area contributed by atoms with Gasteiger partial charge in [0.2, 0.25) is 5.91 Å². The van der Waals surface area contributed by atoms with E-state index in [9.17, 15) is 37.7 Å². The summed E-state index contributed by atoms with van der Waals surface area (Å²) in [7, 11) is 0. The number of nitrogens with zero attached hydrogens (tertiary/aromatic N) is 4. The maximum atomic E-state index is 13.5. The number of carbonyl (C=O) groups is 3. The second-order valence-electron chi connectivity index (χ2n) is 11.3. The van der Waals surface area contributed by atoms with E-state index in [0.29, 0.717) is 48.6 Å². The van der Waals surface area contributed by atoms with Crippen LogP contribution in [-0.4, -0.2) is 65.3 Å². The Bertz CT molecular complexity index is 1700. The van der Waals surface area contributed by atoms with E-state index in [4.69, 9.17) is 4.74 Å². The zero-order chi connectivity index (χ0) is 33.9. The maximum Gasteiger partial charge on any atom is 0.416 e. The number of anilines is 1. The Kier molecular flexibility index (Phi) is 9.64. The molecule has 0 radical (unpaired) electrons. The lowest BCUT2D eigenvalue weighted by Gasteiger charge is -2.36. The summed E-state index contributed by atoms with van der Waals surface area (Å²) in [6.07, 6.45) is -4.67. The number of amides is 2. The molecule has 0 bridgehead atoms. The summed E-state index contributed by atoms with van der Waals surface area (Å²) >= 11 is 0. The number of esters is 1. The van der Waals surface area contributed by atoms with E-state index < -0.39 is 28.6 Å². The van der Waals surface area contributed by atoms with E-state index in [1.165, 1.54) is 29.2 Å². The first-order valence-electron chi connectivity index (χ1n) is 15.1. The van der Waals surface area contributed by atoms with Crippen molar-refractivity contribution in [3.05, 3.63) is 116 Å². The third kappa shape index (κ3) is 7.29. The molecule has 246 valence electrons. The lowest BCUT2D eigenvalue weighted by Crippen LogP contribution is -2.48. The number of ether oxygens (including phenoxy) is 1. The summed E-state index contributed by atoms with van der Waals surface area (Å²) < 4.78 is 44.8. The molecule has 2 aliphatic heterocycles. The molecule has 3 aromatic carbocycles. The smallest absolute Gasteiger partial charge is 0.416 e. The third-order valence-electron chi connectivity index (χ3n) is 8.47. The van der Waals surface area contributed by atoms with Gasteiger partial charge >= 0.3 is 12.1 Å². The molecule has 10 nitrogen and oxygen atoms in total. The first-order chi connectivity index (χ1) is 22.4. The van der Waals surface area contributed by atoms with Crippen LogP contribution in [0.25, 0.3) is 0 Å². The fraction of sp³-hybridized carbons (Fsp3) is 0.324. The van der Waals surface area contributed by atoms with Crippen molar-refractivity contribution in [2.75, 3.05) is 37.7 Å². The van der Waals surface area contributed by atoms with Gasteiger partial charge in [0.1, 0.15) is 0 Å². The van der Waals surface area contributed by atoms with Crippen LogP contribution >= 0.6 is 0 Å². The zero-order valence-corrected chi connectivity index (χ0v) is 25.8. The van der Waals surface area contributed by atoms with E-state index in [2.05, 4.69) is 4.90 Å². The van der Waals surface area contributed by atoms with Gasteiger partial charge < -0.3 is 19.4 Å². The molecule has 0 aliphatic carbocycles. The Morgan fingerprint density at radius 3 is 2.23 bits per heavy atom. The van der Waals surface area contributed by atoms with Crippen molar-refractivity contribution in [1.29, 1.82) is 0 Å². The molecule has 0 aromatic heterocycles. The first-order valence-corrected chi connectivity index (χ1v) is 15.1. The number of hydrogen-bond acceptors (Lipinski definition) is 7. The van der Waals surface area contributed by atoms with Gasteiger partial charge in [0.15, 0.2) is 0 Å². The molecule has 2 aliphatic rings. The largest absolute Gasteiger partial charge is 0.463 e. The number of non-ortho nitro benzene ring substituents is 1. The molecule has 0 saturated carbocycles. The van der Waals surface area contributed by atoms with Crippen molar-refractivity contribution < 1.29 is 37.2 Å². The number of hydrogen-bond donors (Lipinski definition) is 0. The van der Waals surface area contributed by atoms with E-state index >= 15 is 0 Å². The quantitative estimate of drug-likeness (QED) is 0.169. The molecule has 1 unspecified atom stereocenters. The summed E-state index contributed by atoms with van der Waals surface area (Å²) in [6.45, 7) is 5.39. The molecule has 5 rings (SSSR count). The molecule has 13 heteroatoms. The topological polar surface area (TPSA) is 113 Å². The van der Waals surface area contributed by atoms with Crippen molar-refractivity contribution in [3.8, 4) is 0 Å². The van der Waals surface area contributed by atoms with Crippen LogP contribution < -0.4 is 4.90 Å². The minimum Gasteiger partial charge on any atom is -0.463 e. The number of alkyl halides is 3. The fourth-order valence-corrected chi connectivity index (χ4v) is 5.99. The number of piperazine rings is 1. The number of halogens is 3. The normalized spacial score (nSPS) is 17.2. The number of allylic oxidation sites excluding steroid dienone is 1. The Balaban J connectivity index is 1.31. The Hall–Kier alpha value is -5.20. The van der Waals surface area contributed by atoms with Crippen molar-refractivity contribution in [1.82, 2.24) is 9.80 Å². The minimum absolute atomic E-state index is 0.00969. The first kappa shape index (κ1) is 33.2. The molecular formula is C34H33F3N4O6. The van der Waals surface area contributed by atoms with Crippen LogP contribution in [-0.2, 0) is 27.0 Å². The molecule has 0 spiro atoms. The van der Waals surface area contributed by atoms with Gasteiger partial charge in [0.05, 0.1) is 29.2 Å². The predicted octanol–water partition coefficient (Wildman–Crippen LogP) is 5.93. The Morgan fingerprint density at radius 2 is 1.64 bits per heavy atom. The SMILES string of the molecule is CCOC(=O)C1=C(C)N(Cc2cccc(C(=O)N3CCN(c4ccc([N+](=O)[O-])cc4)CC3)c2)C(=O)CC1c1ccc(C(F)(F)F)cc1. The molecule has 2 amide bonds. The van der Waals surface area contributed by atoms with Crippen LogP contribution in [0.4, 0.5) is 24.5 Å². The monoisotopic (exact) mass is 650 g/mol. The summed E-state index contributed by atoms with van der Waals surface area (Å²) in [6, 6.07) is 17.6. The molecule has 1 fully saturated rings. The van der Waals surface area contributed by atoms with Crippen LogP contribution in [0.1, 0.15) is 53.2 Å². The molecular weight excluding hydrogens is 617 g/mol. The Morgan fingerprint density at radius 1 is 0.979 bits per heavy atom. The highest BCUT2D eigenvalue weighted by Gasteiger charge is 2.38. The van der Waals surface area contributed by atoms with Gasteiger partial charge in [-0.3, -0.25) is 19.7 Å². The lowest BCUT2D eigenvalue weighted by atomic mass is 9.83. The van der Waals surface area contributed by atoms with E-state index in [1.54, 1.807) is 55.1 Å². The lowest BCUT2D eigenvalue weighted by molar-refractivity contribution is -0.384. The number of carbonyl (C=O) groups excluding carboxylic acids is 3. The average molecular weight is 651 g/mol. The minimum atomic E-state index is -4.52. The van der Waals surface area contributed by atoms with Gasteiger partial charge in [-0.05, 0) is 61.4 Å². The van der Waals surface area contributed by atoms with Crippen LogP contribution in [0.3, 0.4) is 0 Å². The summed E-state index contributed by atoms with van der Waals surface area (Å²) in [5.74, 6) is -1.93. The van der Waals surface area contributed by atoms with Gasteiger partial charge in [-0.15, -0.1) is 0 Å². The van der Waals surface area contributed by atoms with E-state index in [0.717, 1.165) is 17.8 Å². The number of rotatable bonds is 8. The molecule has 47 heavy (non-hydrogen) atoms. The van der Waals surface area contributed by atoms with Crippen molar-refractivity contribution in [2.24, 2.45) is 0 Å². The average Bonchev–Trinajstić information content (AvgIpc) is 3.06. The summed E-state index contributed by atoms with van der Waals surface area (Å²) in [5.41, 5.74) is 2.04. The van der Waals surface area contributed by atoms with Gasteiger partial charge in [-0.25, -0.2) is 4.79 Å². The van der Waals surface area contributed by atoms with Crippen molar-refractivity contribution in [2.45, 2.75) is 38.9 Å². The predicted molar refractivity (Wildman–Crippen MR) is 166 cm³/mol. The van der Waals surface area contributed by atoms with Gasteiger partial charge in [0.25, 0.3) is 11.6 Å². The van der Waals surface area contributed by atoms with Crippen LogP contribution in [0, 0.1) is 10.1 Å². The zero-order valence-electron chi connectivity index (χ0n) is 25.8. The van der Waals surface area contributed by atoms with Crippen LogP contribution in [0.5, 0.6) is 0 Å². The molecule has 1 atom stereocenters. The van der Waals surface area contributed by atoms with Gasteiger partial charge in [-0.1, -0.05) is 24.3 Å². The fourth-order valence-electron chi connectivity index (χ4n) is 5.99. The second-order valence-corrected chi connectivity index (χ2v) is 11.3. The highest BCUT2D eigenvalue weighted by atomic mass is 19.4. The van der Waals surface area contributed by atoms with Gasteiger partial charge in [-0.2, -0.15) is 13.2 Å². The maximum absolute atomic E-state index is 13.5. The van der Waals surface area contributed by atoms with Crippen LogP contribution in [0.2, 0.25) is 0 Å². The van der Waals surface area contributed by atoms with Crippen molar-refractivity contribution >= 4 is 29.2 Å². The van der Waals surface area contributed by atoms with Crippen molar-refractivity contribution in [3.63, 3.8) is 0 Å². The summed E-state index contributed by atoms with van der Waals surface area (Å²) in [4.78, 5) is 55.8. The number of benzene rings is 3.